The molecule has 0 aliphatic rings. The van der Waals surface area contributed by atoms with Crippen molar-refractivity contribution in [1.29, 1.82) is 0 Å². The molecule has 1 heterocycles. The number of pyridine rings is 1. The van der Waals surface area contributed by atoms with Gasteiger partial charge in [-0.25, -0.2) is 0 Å². The molecule has 0 aliphatic heterocycles. The Labute approximate surface area is 154 Å². The van der Waals surface area contributed by atoms with Crippen molar-refractivity contribution in [3.8, 4) is 17.0 Å². The van der Waals surface area contributed by atoms with E-state index in [1.54, 1.807) is 12.3 Å². The van der Waals surface area contributed by atoms with Crippen LogP contribution >= 0.6 is 0 Å². The van der Waals surface area contributed by atoms with Crippen LogP contribution in [-0.2, 0) is 12.7 Å². The van der Waals surface area contributed by atoms with Crippen LogP contribution in [0.25, 0.3) is 11.3 Å². The number of hydrogen-bond acceptors (Lipinski definition) is 1. The van der Waals surface area contributed by atoms with Crippen LogP contribution in [0, 0.1) is 0 Å². The standard InChI is InChI=1S/C19H14F3NO.BrH/c20-19(21,22)16-10-8-15(9-11-16)18-17(24)7-4-12-23(18)13-14-5-2-1-3-6-14;/h1-12H,13H2;1H. The molecule has 0 radical (unpaired) electrons. The third kappa shape index (κ3) is 4.39. The van der Waals surface area contributed by atoms with E-state index in [0.29, 0.717) is 17.8 Å². The highest BCUT2D eigenvalue weighted by atomic mass is 79.9. The summed E-state index contributed by atoms with van der Waals surface area (Å²) in [7, 11) is 0. The minimum Gasteiger partial charge on any atom is -1.00 e. The van der Waals surface area contributed by atoms with Gasteiger partial charge in [0.1, 0.15) is 0 Å². The quantitative estimate of drug-likeness (QED) is 0.650. The van der Waals surface area contributed by atoms with Crippen LogP contribution in [0.15, 0.2) is 72.9 Å². The Balaban J connectivity index is 0.00000225. The molecule has 0 saturated heterocycles. The third-order valence-corrected chi connectivity index (χ3v) is 3.73. The van der Waals surface area contributed by atoms with Gasteiger partial charge in [0.25, 0.3) is 5.69 Å². The summed E-state index contributed by atoms with van der Waals surface area (Å²) < 4.78 is 40.0. The molecule has 0 spiro atoms. The van der Waals surface area contributed by atoms with Gasteiger partial charge in [-0.15, -0.1) is 0 Å². The van der Waals surface area contributed by atoms with Gasteiger partial charge in [-0.2, -0.15) is 17.7 Å². The zero-order chi connectivity index (χ0) is 17.2. The van der Waals surface area contributed by atoms with Crippen LogP contribution in [0.4, 0.5) is 13.2 Å². The Morgan fingerprint density at radius 2 is 1.48 bits per heavy atom. The summed E-state index contributed by atoms with van der Waals surface area (Å²) in [5, 5.41) is 10.2. The molecule has 0 amide bonds. The largest absolute Gasteiger partial charge is 1.00 e. The van der Waals surface area contributed by atoms with E-state index in [9.17, 15) is 18.3 Å². The first-order valence-electron chi connectivity index (χ1n) is 7.38. The van der Waals surface area contributed by atoms with E-state index in [1.807, 2.05) is 34.9 Å². The SMILES string of the molecule is Oc1ccc[n+](Cc2ccccc2)c1-c1ccc(C(F)(F)F)cc1.[Br-]. The summed E-state index contributed by atoms with van der Waals surface area (Å²) in [6, 6.07) is 17.7. The van der Waals surface area contributed by atoms with E-state index >= 15 is 0 Å². The Bertz CT molecular complexity index is 834. The van der Waals surface area contributed by atoms with Crippen molar-refractivity contribution < 1.29 is 39.8 Å². The lowest BCUT2D eigenvalue weighted by atomic mass is 10.1. The minimum atomic E-state index is -4.38. The van der Waals surface area contributed by atoms with Gasteiger partial charge in [0, 0.05) is 11.6 Å². The normalized spacial score (nSPS) is 11.0. The lowest BCUT2D eigenvalue weighted by molar-refractivity contribution is -0.677. The average molecular weight is 410 g/mol. The zero-order valence-corrected chi connectivity index (χ0v) is 14.6. The molecular weight excluding hydrogens is 395 g/mol. The molecule has 130 valence electrons. The molecule has 2 nitrogen and oxygen atoms in total. The van der Waals surface area contributed by atoms with Gasteiger partial charge in [-0.3, -0.25) is 0 Å². The summed E-state index contributed by atoms with van der Waals surface area (Å²) in [6.07, 6.45) is -2.59. The van der Waals surface area contributed by atoms with Gasteiger partial charge >= 0.3 is 6.18 Å². The maximum Gasteiger partial charge on any atom is 0.416 e. The molecule has 6 heteroatoms. The Morgan fingerprint density at radius 1 is 0.840 bits per heavy atom. The van der Waals surface area contributed by atoms with Crippen LogP contribution in [0.3, 0.4) is 0 Å². The predicted molar refractivity (Wildman–Crippen MR) is 84.3 cm³/mol. The molecule has 3 rings (SSSR count). The first-order valence-corrected chi connectivity index (χ1v) is 7.38. The summed E-state index contributed by atoms with van der Waals surface area (Å²) in [6.45, 7) is 0.506. The highest BCUT2D eigenvalue weighted by molar-refractivity contribution is 5.63. The monoisotopic (exact) mass is 409 g/mol. The topological polar surface area (TPSA) is 24.1 Å². The molecule has 25 heavy (non-hydrogen) atoms. The van der Waals surface area contributed by atoms with Crippen molar-refractivity contribution in [2.24, 2.45) is 0 Å². The first kappa shape index (κ1) is 19.0. The average Bonchev–Trinajstić information content (AvgIpc) is 2.55. The van der Waals surface area contributed by atoms with Crippen molar-refractivity contribution in [3.05, 3.63) is 84.1 Å². The maximum atomic E-state index is 12.7. The summed E-state index contributed by atoms with van der Waals surface area (Å²) in [4.78, 5) is 0. The Kier molecular flexibility index (Phi) is 5.85. The second-order valence-corrected chi connectivity index (χ2v) is 5.43. The highest BCUT2D eigenvalue weighted by Crippen LogP contribution is 2.32. The van der Waals surface area contributed by atoms with Gasteiger partial charge < -0.3 is 22.1 Å². The minimum absolute atomic E-state index is 0. The van der Waals surface area contributed by atoms with Gasteiger partial charge in [-0.05, 0) is 30.3 Å². The molecule has 2 aromatic carbocycles. The molecule has 1 N–H and O–H groups in total. The van der Waals surface area contributed by atoms with E-state index in [4.69, 9.17) is 0 Å². The van der Waals surface area contributed by atoms with E-state index < -0.39 is 11.7 Å². The van der Waals surface area contributed by atoms with E-state index in [-0.39, 0.29) is 22.7 Å². The van der Waals surface area contributed by atoms with E-state index in [1.165, 1.54) is 18.2 Å². The van der Waals surface area contributed by atoms with Crippen LogP contribution in [0.1, 0.15) is 11.1 Å². The number of aromatic nitrogens is 1. The Morgan fingerprint density at radius 3 is 2.08 bits per heavy atom. The number of nitrogens with zero attached hydrogens (tertiary/aromatic N) is 1. The number of alkyl halides is 3. The maximum absolute atomic E-state index is 12.7. The fourth-order valence-corrected chi connectivity index (χ4v) is 2.58. The van der Waals surface area contributed by atoms with E-state index in [2.05, 4.69) is 0 Å². The number of aromatic hydroxyl groups is 1. The predicted octanol–water partition coefficient (Wildman–Crippen LogP) is 1.42. The van der Waals surface area contributed by atoms with Crippen molar-refractivity contribution in [2.75, 3.05) is 0 Å². The van der Waals surface area contributed by atoms with Crippen molar-refractivity contribution >= 4 is 0 Å². The molecule has 0 fully saturated rings. The summed E-state index contributed by atoms with van der Waals surface area (Å²) in [5.41, 5.74) is 1.32. The second-order valence-electron chi connectivity index (χ2n) is 5.43. The summed E-state index contributed by atoms with van der Waals surface area (Å²) >= 11 is 0. The lowest BCUT2D eigenvalue weighted by Crippen LogP contribution is -3.00. The molecule has 0 unspecified atom stereocenters. The number of halogens is 4. The Hall–Kier alpha value is -2.34. The smallest absolute Gasteiger partial charge is 0.416 e. The van der Waals surface area contributed by atoms with Gasteiger partial charge in [0.05, 0.1) is 11.1 Å². The highest BCUT2D eigenvalue weighted by Gasteiger charge is 2.30. The summed E-state index contributed by atoms with van der Waals surface area (Å²) in [5.74, 6) is 0.0215. The van der Waals surface area contributed by atoms with Gasteiger partial charge in [-0.1, -0.05) is 30.3 Å². The van der Waals surface area contributed by atoms with Crippen LogP contribution in [-0.4, -0.2) is 5.11 Å². The fraction of sp³-hybridized carbons (Fsp3) is 0.105. The van der Waals surface area contributed by atoms with Crippen LogP contribution in [0.5, 0.6) is 5.75 Å². The molecule has 0 aliphatic carbocycles. The molecule has 0 bridgehead atoms. The van der Waals surface area contributed by atoms with Crippen LogP contribution in [0.2, 0.25) is 0 Å². The van der Waals surface area contributed by atoms with Crippen molar-refractivity contribution in [3.63, 3.8) is 0 Å². The number of rotatable bonds is 3. The lowest BCUT2D eigenvalue weighted by Gasteiger charge is -2.09. The molecule has 0 atom stereocenters. The van der Waals surface area contributed by atoms with Crippen LogP contribution < -0.4 is 21.5 Å². The van der Waals surface area contributed by atoms with E-state index in [0.717, 1.165) is 17.7 Å². The fourth-order valence-electron chi connectivity index (χ4n) is 2.58. The molecule has 0 saturated carbocycles. The van der Waals surface area contributed by atoms with Gasteiger partial charge in [0.2, 0.25) is 0 Å². The number of hydrogen-bond donors (Lipinski definition) is 1. The van der Waals surface area contributed by atoms with Crippen molar-refractivity contribution in [1.82, 2.24) is 0 Å². The first-order chi connectivity index (χ1) is 11.4. The number of benzene rings is 2. The van der Waals surface area contributed by atoms with Crippen molar-refractivity contribution in [2.45, 2.75) is 12.7 Å². The molecule has 1 aromatic heterocycles. The molecular formula is C19H15BrF3NO. The second kappa shape index (κ2) is 7.70. The molecule has 3 aromatic rings. The van der Waals surface area contributed by atoms with Gasteiger partial charge in [0.15, 0.2) is 18.5 Å². The zero-order valence-electron chi connectivity index (χ0n) is 13.0. The third-order valence-electron chi connectivity index (χ3n) is 3.73.